The zero-order valence-corrected chi connectivity index (χ0v) is 15.5. The molecule has 1 heterocycles. The van der Waals surface area contributed by atoms with Crippen LogP contribution in [0.5, 0.6) is 5.75 Å². The first-order valence-electron chi connectivity index (χ1n) is 8.94. The molecule has 0 bridgehead atoms. The SMILES string of the molecule is CCOc1ccccc1Nc1ccc(NC(=O)Cc2cccc(C)c2)nc1. The van der Waals surface area contributed by atoms with Crippen molar-refractivity contribution >= 4 is 23.1 Å². The summed E-state index contributed by atoms with van der Waals surface area (Å²) in [4.78, 5) is 16.5. The molecule has 5 heteroatoms. The van der Waals surface area contributed by atoms with Gasteiger partial charge >= 0.3 is 0 Å². The molecule has 3 rings (SSSR count). The lowest BCUT2D eigenvalue weighted by Crippen LogP contribution is -2.15. The molecule has 3 aromatic rings. The van der Waals surface area contributed by atoms with Gasteiger partial charge in [0.15, 0.2) is 0 Å². The molecule has 5 nitrogen and oxygen atoms in total. The third-order valence-electron chi connectivity index (χ3n) is 3.94. The fourth-order valence-electron chi connectivity index (χ4n) is 2.74. The standard InChI is InChI=1S/C22H23N3O2/c1-3-27-20-10-5-4-9-19(20)24-18-11-12-21(23-15-18)25-22(26)14-17-8-6-7-16(2)13-17/h4-13,15,24H,3,14H2,1-2H3,(H,23,25,26). The summed E-state index contributed by atoms with van der Waals surface area (Å²) >= 11 is 0. The Labute approximate surface area is 159 Å². The molecule has 0 spiro atoms. The summed E-state index contributed by atoms with van der Waals surface area (Å²) in [5.41, 5.74) is 3.82. The minimum atomic E-state index is -0.0875. The maximum absolute atomic E-state index is 12.2. The van der Waals surface area contributed by atoms with Gasteiger partial charge < -0.3 is 15.4 Å². The number of nitrogens with zero attached hydrogens (tertiary/aromatic N) is 1. The normalized spacial score (nSPS) is 10.3. The predicted octanol–water partition coefficient (Wildman–Crippen LogP) is 4.71. The monoisotopic (exact) mass is 361 g/mol. The summed E-state index contributed by atoms with van der Waals surface area (Å²) < 4.78 is 5.61. The Balaban J connectivity index is 1.61. The summed E-state index contributed by atoms with van der Waals surface area (Å²) in [5.74, 6) is 1.22. The number of rotatable bonds is 7. The lowest BCUT2D eigenvalue weighted by atomic mass is 10.1. The number of amides is 1. The number of pyridine rings is 1. The number of anilines is 3. The molecular weight excluding hydrogens is 338 g/mol. The first kappa shape index (κ1) is 18.5. The van der Waals surface area contributed by atoms with E-state index in [1.807, 2.05) is 68.4 Å². The van der Waals surface area contributed by atoms with E-state index in [1.54, 1.807) is 12.3 Å². The van der Waals surface area contributed by atoms with Crippen LogP contribution in [0.1, 0.15) is 18.1 Å². The Bertz CT molecular complexity index is 907. The molecule has 0 unspecified atom stereocenters. The van der Waals surface area contributed by atoms with E-state index in [2.05, 4.69) is 15.6 Å². The van der Waals surface area contributed by atoms with Crippen LogP contribution in [0.25, 0.3) is 0 Å². The first-order chi connectivity index (χ1) is 13.1. The number of hydrogen-bond acceptors (Lipinski definition) is 4. The van der Waals surface area contributed by atoms with Crippen LogP contribution >= 0.6 is 0 Å². The van der Waals surface area contributed by atoms with E-state index < -0.39 is 0 Å². The molecule has 2 N–H and O–H groups in total. The van der Waals surface area contributed by atoms with Gasteiger partial charge in [-0.25, -0.2) is 4.98 Å². The Morgan fingerprint density at radius 1 is 1.07 bits per heavy atom. The van der Waals surface area contributed by atoms with Crippen LogP contribution in [-0.2, 0) is 11.2 Å². The van der Waals surface area contributed by atoms with E-state index >= 15 is 0 Å². The third kappa shape index (κ3) is 5.31. The molecular formula is C22H23N3O2. The second-order valence-corrected chi connectivity index (χ2v) is 6.20. The van der Waals surface area contributed by atoms with Gasteiger partial charge in [0.05, 0.1) is 30.6 Å². The van der Waals surface area contributed by atoms with Gasteiger partial charge in [0.2, 0.25) is 5.91 Å². The lowest BCUT2D eigenvalue weighted by Gasteiger charge is -2.12. The zero-order valence-electron chi connectivity index (χ0n) is 15.5. The van der Waals surface area contributed by atoms with Crippen LogP contribution in [0.3, 0.4) is 0 Å². The summed E-state index contributed by atoms with van der Waals surface area (Å²) in [5, 5.41) is 6.11. The number of aromatic nitrogens is 1. The van der Waals surface area contributed by atoms with Crippen LogP contribution in [-0.4, -0.2) is 17.5 Å². The Kier molecular flexibility index (Phi) is 6.05. The van der Waals surface area contributed by atoms with Crippen molar-refractivity contribution in [2.75, 3.05) is 17.2 Å². The minimum absolute atomic E-state index is 0.0875. The van der Waals surface area contributed by atoms with Crippen molar-refractivity contribution in [2.45, 2.75) is 20.3 Å². The van der Waals surface area contributed by atoms with Crippen LogP contribution < -0.4 is 15.4 Å². The number of benzene rings is 2. The summed E-state index contributed by atoms with van der Waals surface area (Å²) in [6.45, 7) is 4.56. The molecule has 0 aliphatic rings. The predicted molar refractivity (Wildman–Crippen MR) is 109 cm³/mol. The van der Waals surface area contributed by atoms with Gasteiger partial charge in [-0.1, -0.05) is 42.0 Å². The van der Waals surface area contributed by atoms with E-state index in [-0.39, 0.29) is 5.91 Å². The van der Waals surface area contributed by atoms with Gasteiger partial charge in [0.25, 0.3) is 0 Å². The number of aryl methyl sites for hydroxylation is 1. The van der Waals surface area contributed by atoms with Crippen molar-refractivity contribution < 1.29 is 9.53 Å². The van der Waals surface area contributed by atoms with Gasteiger partial charge in [-0.05, 0) is 43.7 Å². The second-order valence-electron chi connectivity index (χ2n) is 6.20. The van der Waals surface area contributed by atoms with Gasteiger partial charge in [-0.2, -0.15) is 0 Å². The van der Waals surface area contributed by atoms with Crippen molar-refractivity contribution in [1.82, 2.24) is 4.98 Å². The van der Waals surface area contributed by atoms with E-state index in [1.165, 1.54) is 0 Å². The maximum atomic E-state index is 12.2. The van der Waals surface area contributed by atoms with Crippen LogP contribution in [0.2, 0.25) is 0 Å². The highest BCUT2D eigenvalue weighted by Gasteiger charge is 2.07. The van der Waals surface area contributed by atoms with Gasteiger partial charge in [0.1, 0.15) is 11.6 Å². The van der Waals surface area contributed by atoms with Crippen molar-refractivity contribution in [3.05, 3.63) is 78.0 Å². The van der Waals surface area contributed by atoms with E-state index in [0.717, 1.165) is 28.3 Å². The molecule has 1 aromatic heterocycles. The second kappa shape index (κ2) is 8.85. The van der Waals surface area contributed by atoms with E-state index in [9.17, 15) is 4.79 Å². The molecule has 1 amide bonds. The third-order valence-corrected chi connectivity index (χ3v) is 3.94. The maximum Gasteiger partial charge on any atom is 0.229 e. The fourth-order valence-corrected chi connectivity index (χ4v) is 2.74. The molecule has 0 atom stereocenters. The highest BCUT2D eigenvalue weighted by molar-refractivity contribution is 5.91. The number of hydrogen-bond donors (Lipinski definition) is 2. The topological polar surface area (TPSA) is 63.2 Å². The molecule has 2 aromatic carbocycles. The zero-order chi connectivity index (χ0) is 19.1. The van der Waals surface area contributed by atoms with Gasteiger partial charge in [0, 0.05) is 0 Å². The largest absolute Gasteiger partial charge is 0.492 e. The van der Waals surface area contributed by atoms with Crippen molar-refractivity contribution in [3.63, 3.8) is 0 Å². The Morgan fingerprint density at radius 3 is 2.67 bits per heavy atom. The lowest BCUT2D eigenvalue weighted by molar-refractivity contribution is -0.115. The van der Waals surface area contributed by atoms with Crippen molar-refractivity contribution in [2.24, 2.45) is 0 Å². The van der Waals surface area contributed by atoms with E-state index in [4.69, 9.17) is 4.74 Å². The summed E-state index contributed by atoms with van der Waals surface area (Å²) in [7, 11) is 0. The number of para-hydroxylation sites is 2. The number of ether oxygens (including phenoxy) is 1. The van der Waals surface area contributed by atoms with Crippen molar-refractivity contribution in [3.8, 4) is 5.75 Å². The average molecular weight is 361 g/mol. The highest BCUT2D eigenvalue weighted by atomic mass is 16.5. The molecule has 27 heavy (non-hydrogen) atoms. The number of nitrogens with one attached hydrogen (secondary N) is 2. The van der Waals surface area contributed by atoms with Gasteiger partial charge in [-0.3, -0.25) is 4.79 Å². The molecule has 0 fully saturated rings. The Morgan fingerprint density at radius 2 is 1.93 bits per heavy atom. The molecule has 0 saturated heterocycles. The summed E-state index contributed by atoms with van der Waals surface area (Å²) in [6.07, 6.45) is 2.01. The van der Waals surface area contributed by atoms with Crippen LogP contribution in [0.15, 0.2) is 66.9 Å². The molecule has 0 radical (unpaired) electrons. The van der Waals surface area contributed by atoms with Crippen LogP contribution in [0, 0.1) is 6.92 Å². The highest BCUT2D eigenvalue weighted by Crippen LogP contribution is 2.27. The number of carbonyl (C=O) groups is 1. The molecule has 0 aliphatic carbocycles. The summed E-state index contributed by atoms with van der Waals surface area (Å²) in [6, 6.07) is 19.3. The van der Waals surface area contributed by atoms with Crippen molar-refractivity contribution in [1.29, 1.82) is 0 Å². The molecule has 138 valence electrons. The first-order valence-corrected chi connectivity index (χ1v) is 8.94. The molecule has 0 saturated carbocycles. The van der Waals surface area contributed by atoms with Crippen LogP contribution in [0.4, 0.5) is 17.2 Å². The van der Waals surface area contributed by atoms with Gasteiger partial charge in [-0.15, -0.1) is 0 Å². The minimum Gasteiger partial charge on any atom is -0.492 e. The fraction of sp³-hybridized carbons (Fsp3) is 0.182. The van der Waals surface area contributed by atoms with E-state index in [0.29, 0.717) is 18.8 Å². The Hall–Kier alpha value is -3.34. The quantitative estimate of drug-likeness (QED) is 0.639. The average Bonchev–Trinajstić information content (AvgIpc) is 2.65. The molecule has 0 aliphatic heterocycles. The smallest absolute Gasteiger partial charge is 0.229 e. The number of carbonyl (C=O) groups excluding carboxylic acids is 1.